The number of nitrogens with one attached hydrogen (secondary N) is 2. The van der Waals surface area contributed by atoms with E-state index < -0.39 is 5.60 Å². The first kappa shape index (κ1) is 25.3. The van der Waals surface area contributed by atoms with Crippen molar-refractivity contribution in [3.8, 4) is 0 Å². The zero-order chi connectivity index (χ0) is 26.3. The molecule has 200 valence electrons. The third kappa shape index (κ3) is 4.35. The second kappa shape index (κ2) is 10.3. The molecule has 0 aromatic heterocycles. The topological polar surface area (TPSA) is 98.7 Å². The molecule has 3 fully saturated rings. The highest BCUT2D eigenvalue weighted by molar-refractivity contribution is 6.21. The normalized spacial score (nSPS) is 26.7. The standard InChI is InChI=1S/C31H37N3O4/c35-28-22-14-6-7-15-23(22)29(36)34(28)17-9-8-16-26(27-24-18-32-19-25(24)27)33-30(37)31(38,21-12-4-5-13-21)20-10-2-1-3-11-20/h1-3,6-7,10-11,14-15,21,24-27,32,38H,4-5,8-9,12-13,16-19H2,(H,33,37)/t24-,25?,26+,27?,31-/m1/s1. The van der Waals surface area contributed by atoms with Crippen molar-refractivity contribution in [2.45, 2.75) is 56.6 Å². The summed E-state index contributed by atoms with van der Waals surface area (Å²) < 4.78 is 0. The molecule has 38 heavy (non-hydrogen) atoms. The fourth-order valence-electron chi connectivity index (χ4n) is 7.37. The second-order valence-electron chi connectivity index (χ2n) is 11.6. The third-order valence-corrected chi connectivity index (χ3v) is 9.47. The molecular weight excluding hydrogens is 478 g/mol. The van der Waals surface area contributed by atoms with Crippen LogP contribution in [0.5, 0.6) is 0 Å². The van der Waals surface area contributed by atoms with Gasteiger partial charge in [0.15, 0.2) is 5.60 Å². The van der Waals surface area contributed by atoms with Crippen LogP contribution in [0.3, 0.4) is 0 Å². The molecule has 2 aliphatic heterocycles. The van der Waals surface area contributed by atoms with Crippen LogP contribution in [-0.4, -0.2) is 53.4 Å². The molecule has 6 rings (SSSR count). The molecule has 5 atom stereocenters. The van der Waals surface area contributed by atoms with Gasteiger partial charge in [-0.05, 0) is 80.6 Å². The summed E-state index contributed by atoms with van der Waals surface area (Å²) in [5.74, 6) is 0.730. The molecule has 0 spiro atoms. The smallest absolute Gasteiger partial charge is 0.261 e. The van der Waals surface area contributed by atoms with Crippen LogP contribution in [0.25, 0.3) is 0 Å². The van der Waals surface area contributed by atoms with Crippen molar-refractivity contribution in [1.82, 2.24) is 15.5 Å². The summed E-state index contributed by atoms with van der Waals surface area (Å²) in [6, 6.07) is 16.4. The summed E-state index contributed by atoms with van der Waals surface area (Å²) in [5.41, 5.74) is 0.103. The molecule has 2 saturated carbocycles. The lowest BCUT2D eigenvalue weighted by Crippen LogP contribution is -2.53. The Morgan fingerprint density at radius 3 is 2.18 bits per heavy atom. The van der Waals surface area contributed by atoms with Crippen LogP contribution < -0.4 is 10.6 Å². The van der Waals surface area contributed by atoms with E-state index in [1.807, 2.05) is 30.3 Å². The number of rotatable bonds is 10. The summed E-state index contributed by atoms with van der Waals surface area (Å²) >= 11 is 0. The maximum atomic E-state index is 13.9. The molecule has 0 bridgehead atoms. The first-order chi connectivity index (χ1) is 18.5. The van der Waals surface area contributed by atoms with Gasteiger partial charge in [-0.25, -0.2) is 0 Å². The number of carbonyl (C=O) groups excluding carboxylic acids is 3. The Labute approximate surface area is 224 Å². The number of fused-ring (bicyclic) bond motifs is 2. The van der Waals surface area contributed by atoms with Gasteiger partial charge in [0.2, 0.25) is 0 Å². The Balaban J connectivity index is 1.13. The zero-order valence-electron chi connectivity index (χ0n) is 21.8. The lowest BCUT2D eigenvalue weighted by Gasteiger charge is -2.35. The highest BCUT2D eigenvalue weighted by atomic mass is 16.3. The van der Waals surface area contributed by atoms with Crippen LogP contribution in [0.1, 0.15) is 71.2 Å². The minimum absolute atomic E-state index is 0.0292. The van der Waals surface area contributed by atoms with Gasteiger partial charge in [0.05, 0.1) is 11.1 Å². The minimum Gasteiger partial charge on any atom is -0.375 e. The van der Waals surface area contributed by atoms with E-state index in [-0.39, 0.29) is 29.7 Å². The molecular formula is C31H37N3O4. The van der Waals surface area contributed by atoms with Crippen LogP contribution in [0.15, 0.2) is 54.6 Å². The number of imide groups is 1. The van der Waals surface area contributed by atoms with E-state index in [1.165, 1.54) is 4.90 Å². The molecule has 2 heterocycles. The van der Waals surface area contributed by atoms with Gasteiger partial charge in [0.1, 0.15) is 0 Å². The van der Waals surface area contributed by atoms with Gasteiger partial charge in [-0.3, -0.25) is 19.3 Å². The maximum absolute atomic E-state index is 13.9. The molecule has 2 aromatic rings. The number of unbranched alkanes of at least 4 members (excludes halogenated alkanes) is 1. The van der Waals surface area contributed by atoms with Gasteiger partial charge < -0.3 is 15.7 Å². The van der Waals surface area contributed by atoms with Crippen molar-refractivity contribution in [3.05, 3.63) is 71.3 Å². The van der Waals surface area contributed by atoms with E-state index in [0.29, 0.717) is 47.4 Å². The number of benzene rings is 2. The van der Waals surface area contributed by atoms with Crippen molar-refractivity contribution < 1.29 is 19.5 Å². The Hall–Kier alpha value is -3.03. The highest BCUT2D eigenvalue weighted by Gasteiger charge is 2.57. The Kier molecular flexibility index (Phi) is 6.82. The van der Waals surface area contributed by atoms with Gasteiger partial charge in [0.25, 0.3) is 17.7 Å². The summed E-state index contributed by atoms with van der Waals surface area (Å²) in [5, 5.41) is 18.7. The van der Waals surface area contributed by atoms with Gasteiger partial charge >= 0.3 is 0 Å². The molecule has 7 nitrogen and oxygen atoms in total. The second-order valence-corrected chi connectivity index (χ2v) is 11.6. The molecule has 2 aliphatic carbocycles. The molecule has 7 heteroatoms. The van der Waals surface area contributed by atoms with Gasteiger partial charge in [0, 0.05) is 18.5 Å². The number of hydrogen-bond donors (Lipinski definition) is 3. The molecule has 3 amide bonds. The van der Waals surface area contributed by atoms with Crippen LogP contribution in [0.4, 0.5) is 0 Å². The first-order valence-electron chi connectivity index (χ1n) is 14.2. The third-order valence-electron chi connectivity index (χ3n) is 9.47. The fourth-order valence-corrected chi connectivity index (χ4v) is 7.37. The average Bonchev–Trinajstić information content (AvgIpc) is 3.36. The van der Waals surface area contributed by atoms with E-state index in [0.717, 1.165) is 51.6 Å². The Morgan fingerprint density at radius 1 is 0.947 bits per heavy atom. The van der Waals surface area contributed by atoms with Crippen LogP contribution >= 0.6 is 0 Å². The van der Waals surface area contributed by atoms with Gasteiger partial charge in [-0.15, -0.1) is 0 Å². The van der Waals surface area contributed by atoms with Crippen molar-refractivity contribution in [3.63, 3.8) is 0 Å². The van der Waals surface area contributed by atoms with E-state index in [9.17, 15) is 19.5 Å². The van der Waals surface area contributed by atoms with Gasteiger partial charge in [-0.1, -0.05) is 55.3 Å². The molecule has 2 unspecified atom stereocenters. The van der Waals surface area contributed by atoms with Crippen LogP contribution in [0, 0.1) is 23.7 Å². The van der Waals surface area contributed by atoms with Crippen LogP contribution in [-0.2, 0) is 10.4 Å². The average molecular weight is 516 g/mol. The summed E-state index contributed by atoms with van der Waals surface area (Å²) in [7, 11) is 0. The van der Waals surface area contributed by atoms with Gasteiger partial charge in [-0.2, -0.15) is 0 Å². The Morgan fingerprint density at radius 2 is 1.55 bits per heavy atom. The quantitative estimate of drug-likeness (QED) is 0.332. The lowest BCUT2D eigenvalue weighted by molar-refractivity contribution is -0.148. The van der Waals surface area contributed by atoms with E-state index >= 15 is 0 Å². The zero-order valence-corrected chi connectivity index (χ0v) is 21.8. The lowest BCUT2D eigenvalue weighted by atomic mass is 9.79. The van der Waals surface area contributed by atoms with Crippen molar-refractivity contribution in [2.75, 3.05) is 19.6 Å². The molecule has 0 radical (unpaired) electrons. The highest BCUT2D eigenvalue weighted by Crippen LogP contribution is 2.52. The van der Waals surface area contributed by atoms with E-state index in [4.69, 9.17) is 0 Å². The summed E-state index contributed by atoms with van der Waals surface area (Å²) in [6.07, 6.45) is 6.00. The number of carbonyl (C=O) groups is 3. The Bertz CT molecular complexity index is 1170. The molecule has 1 saturated heterocycles. The summed E-state index contributed by atoms with van der Waals surface area (Å²) in [4.78, 5) is 40.7. The predicted molar refractivity (Wildman–Crippen MR) is 143 cm³/mol. The number of piperidine rings is 1. The first-order valence-corrected chi connectivity index (χ1v) is 14.2. The minimum atomic E-state index is -1.53. The molecule has 3 N–H and O–H groups in total. The number of nitrogens with zero attached hydrogens (tertiary/aromatic N) is 1. The summed E-state index contributed by atoms with van der Waals surface area (Å²) in [6.45, 7) is 2.33. The fraction of sp³-hybridized carbons (Fsp3) is 0.516. The number of amides is 3. The SMILES string of the molecule is O=C1c2ccccc2C(=O)N1CCCC[C@H](NC(=O)[C@@](O)(c1ccccc1)C1CCCC1)C1C2CNC[C@H]21. The van der Waals surface area contributed by atoms with E-state index in [1.54, 1.807) is 24.3 Å². The molecule has 4 aliphatic rings. The number of aliphatic hydroxyl groups is 1. The monoisotopic (exact) mass is 515 g/mol. The van der Waals surface area contributed by atoms with Crippen molar-refractivity contribution in [1.29, 1.82) is 0 Å². The van der Waals surface area contributed by atoms with E-state index in [2.05, 4.69) is 10.6 Å². The molecule has 2 aromatic carbocycles. The largest absolute Gasteiger partial charge is 0.375 e. The maximum Gasteiger partial charge on any atom is 0.261 e. The number of hydrogen-bond acceptors (Lipinski definition) is 5. The van der Waals surface area contributed by atoms with Crippen molar-refractivity contribution in [2.24, 2.45) is 23.7 Å². The predicted octanol–water partition coefficient (Wildman–Crippen LogP) is 3.48. The van der Waals surface area contributed by atoms with Crippen molar-refractivity contribution >= 4 is 17.7 Å². The van der Waals surface area contributed by atoms with Crippen LogP contribution in [0.2, 0.25) is 0 Å².